The number of amides is 2. The Kier molecular flexibility index (Phi) is 5.75. The second kappa shape index (κ2) is 8.14. The predicted molar refractivity (Wildman–Crippen MR) is 119 cm³/mol. The largest absolute Gasteiger partial charge is 0.508 e. The van der Waals surface area contributed by atoms with Gasteiger partial charge in [-0.15, -0.1) is 0 Å². The number of phenols is 2. The number of hydrazone groups is 1. The van der Waals surface area contributed by atoms with E-state index < -0.39 is 5.91 Å². The minimum atomic E-state index is -0.583. The number of carbonyl (C=O) groups is 2. The number of phenolic OH excluding ortho intramolecular Hbond substituents is 2. The summed E-state index contributed by atoms with van der Waals surface area (Å²) in [5.41, 5.74) is 8.31. The first-order valence-electron chi connectivity index (χ1n) is 9.78. The Labute approximate surface area is 180 Å². The number of rotatable bonds is 4. The van der Waals surface area contributed by atoms with Crippen molar-refractivity contribution in [2.45, 2.75) is 40.0 Å². The van der Waals surface area contributed by atoms with Gasteiger partial charge < -0.3 is 15.6 Å². The standard InChI is InChI=1S/C23H26N4O4/c1-13(24-25-21(30)15-10-18(28)12-19(29)11-15)20-14(2)26-27(22(20)31)17-8-6-16(7-9-17)23(3,4)5/h6-12,24,28-29H,1-5H3,(H,25,30)/b20-13-. The number of aromatic hydroxyl groups is 2. The first kappa shape index (κ1) is 21.9. The molecule has 2 amide bonds. The second-order valence-corrected chi connectivity index (χ2v) is 8.42. The molecule has 0 bridgehead atoms. The zero-order chi connectivity index (χ0) is 22.9. The highest BCUT2D eigenvalue weighted by Crippen LogP contribution is 2.28. The highest BCUT2D eigenvalue weighted by Gasteiger charge is 2.31. The van der Waals surface area contributed by atoms with E-state index in [1.807, 2.05) is 24.3 Å². The maximum absolute atomic E-state index is 13.0. The fourth-order valence-electron chi connectivity index (χ4n) is 3.23. The molecule has 31 heavy (non-hydrogen) atoms. The highest BCUT2D eigenvalue weighted by molar-refractivity contribution is 6.30. The van der Waals surface area contributed by atoms with E-state index in [0.717, 1.165) is 11.6 Å². The van der Waals surface area contributed by atoms with E-state index in [9.17, 15) is 19.8 Å². The minimum absolute atomic E-state index is 0.00282. The molecular formula is C23H26N4O4. The summed E-state index contributed by atoms with van der Waals surface area (Å²) in [6.07, 6.45) is 0. The molecule has 0 spiro atoms. The molecule has 1 aliphatic heterocycles. The summed E-state index contributed by atoms with van der Waals surface area (Å²) >= 11 is 0. The Hall–Kier alpha value is -3.81. The van der Waals surface area contributed by atoms with Crippen LogP contribution in [0.4, 0.5) is 5.69 Å². The molecule has 0 aromatic heterocycles. The molecule has 162 valence electrons. The van der Waals surface area contributed by atoms with Crippen LogP contribution in [0, 0.1) is 0 Å². The number of carbonyl (C=O) groups excluding carboxylic acids is 2. The molecule has 0 unspecified atom stereocenters. The van der Waals surface area contributed by atoms with Gasteiger partial charge in [0.1, 0.15) is 11.5 Å². The lowest BCUT2D eigenvalue weighted by atomic mass is 9.87. The molecule has 8 nitrogen and oxygen atoms in total. The molecule has 1 heterocycles. The monoisotopic (exact) mass is 422 g/mol. The molecule has 0 saturated carbocycles. The number of hydrogen-bond acceptors (Lipinski definition) is 6. The van der Waals surface area contributed by atoms with Crippen molar-refractivity contribution in [3.8, 4) is 11.5 Å². The average Bonchev–Trinajstić information content (AvgIpc) is 2.98. The quantitative estimate of drug-likeness (QED) is 0.446. The zero-order valence-electron chi connectivity index (χ0n) is 18.1. The van der Waals surface area contributed by atoms with Crippen LogP contribution in [-0.4, -0.2) is 27.7 Å². The van der Waals surface area contributed by atoms with Crippen molar-refractivity contribution in [3.63, 3.8) is 0 Å². The zero-order valence-corrected chi connectivity index (χ0v) is 18.1. The number of hydrazine groups is 1. The maximum atomic E-state index is 13.0. The maximum Gasteiger partial charge on any atom is 0.282 e. The molecule has 4 N–H and O–H groups in total. The molecule has 8 heteroatoms. The van der Waals surface area contributed by atoms with Crippen LogP contribution >= 0.6 is 0 Å². The summed E-state index contributed by atoms with van der Waals surface area (Å²) in [5, 5.41) is 24.7. The van der Waals surface area contributed by atoms with Crippen LogP contribution in [0.2, 0.25) is 0 Å². The van der Waals surface area contributed by atoms with Gasteiger partial charge in [-0.3, -0.25) is 15.0 Å². The number of nitrogens with one attached hydrogen (secondary N) is 2. The van der Waals surface area contributed by atoms with E-state index in [0.29, 0.717) is 22.7 Å². The molecule has 2 aromatic carbocycles. The Balaban J connectivity index is 1.76. The normalized spacial score (nSPS) is 15.6. The third-order valence-electron chi connectivity index (χ3n) is 4.90. The fraction of sp³-hybridized carbons (Fsp3) is 0.261. The van der Waals surface area contributed by atoms with Gasteiger partial charge in [0.05, 0.1) is 17.0 Å². The van der Waals surface area contributed by atoms with Crippen molar-refractivity contribution in [1.29, 1.82) is 0 Å². The highest BCUT2D eigenvalue weighted by atomic mass is 16.3. The lowest BCUT2D eigenvalue weighted by Crippen LogP contribution is -2.37. The molecule has 0 atom stereocenters. The summed E-state index contributed by atoms with van der Waals surface area (Å²) in [4.78, 5) is 25.3. The Bertz CT molecular complexity index is 1080. The van der Waals surface area contributed by atoms with Crippen LogP contribution in [-0.2, 0) is 10.2 Å². The van der Waals surface area contributed by atoms with Gasteiger partial charge in [-0.1, -0.05) is 32.9 Å². The summed E-state index contributed by atoms with van der Waals surface area (Å²) in [6, 6.07) is 11.2. The molecule has 1 aliphatic rings. The van der Waals surface area contributed by atoms with Gasteiger partial charge in [-0.2, -0.15) is 10.1 Å². The van der Waals surface area contributed by atoms with Gasteiger partial charge in [0.25, 0.3) is 11.8 Å². The minimum Gasteiger partial charge on any atom is -0.508 e. The van der Waals surface area contributed by atoms with Gasteiger partial charge in [-0.25, -0.2) is 0 Å². The first-order chi connectivity index (χ1) is 14.5. The molecule has 0 saturated heterocycles. The Morgan fingerprint density at radius 2 is 1.58 bits per heavy atom. The molecule has 0 fully saturated rings. The Morgan fingerprint density at radius 1 is 1.00 bits per heavy atom. The lowest BCUT2D eigenvalue weighted by Gasteiger charge is -2.20. The first-order valence-corrected chi connectivity index (χ1v) is 9.78. The van der Waals surface area contributed by atoms with E-state index >= 15 is 0 Å². The van der Waals surface area contributed by atoms with E-state index in [4.69, 9.17) is 0 Å². The fourth-order valence-corrected chi connectivity index (χ4v) is 3.23. The van der Waals surface area contributed by atoms with Crippen molar-refractivity contribution in [2.75, 3.05) is 5.01 Å². The van der Waals surface area contributed by atoms with Crippen molar-refractivity contribution in [2.24, 2.45) is 5.10 Å². The van der Waals surface area contributed by atoms with Gasteiger partial charge in [0.15, 0.2) is 0 Å². The van der Waals surface area contributed by atoms with Gasteiger partial charge in [-0.05, 0) is 49.1 Å². The number of nitrogens with zero attached hydrogens (tertiary/aromatic N) is 2. The summed E-state index contributed by atoms with van der Waals surface area (Å²) < 4.78 is 0. The van der Waals surface area contributed by atoms with Gasteiger partial charge >= 0.3 is 0 Å². The lowest BCUT2D eigenvalue weighted by molar-refractivity contribution is -0.114. The van der Waals surface area contributed by atoms with Crippen LogP contribution in [0.25, 0.3) is 0 Å². The summed E-state index contributed by atoms with van der Waals surface area (Å²) in [7, 11) is 0. The van der Waals surface area contributed by atoms with Crippen molar-refractivity contribution in [3.05, 3.63) is 64.9 Å². The molecule has 3 rings (SSSR count). The summed E-state index contributed by atoms with van der Waals surface area (Å²) in [5.74, 6) is -1.36. The van der Waals surface area contributed by atoms with Crippen molar-refractivity contribution >= 4 is 23.2 Å². The molecule has 2 aromatic rings. The third kappa shape index (κ3) is 4.69. The number of allylic oxidation sites excluding steroid dienone is 1. The molecule has 0 radical (unpaired) electrons. The van der Waals surface area contributed by atoms with Crippen molar-refractivity contribution in [1.82, 2.24) is 10.9 Å². The van der Waals surface area contributed by atoms with Gasteiger partial charge in [0, 0.05) is 17.3 Å². The summed E-state index contributed by atoms with van der Waals surface area (Å²) in [6.45, 7) is 9.73. The topological polar surface area (TPSA) is 114 Å². The van der Waals surface area contributed by atoms with Crippen LogP contribution < -0.4 is 15.9 Å². The SMILES string of the molecule is CC1=NN(c2ccc(C(C)(C)C)cc2)C(=O)/C1=C(/C)NNC(=O)c1cc(O)cc(O)c1. The van der Waals surface area contributed by atoms with E-state index in [1.54, 1.807) is 13.8 Å². The van der Waals surface area contributed by atoms with Crippen LogP contribution in [0.15, 0.2) is 58.8 Å². The smallest absolute Gasteiger partial charge is 0.282 e. The number of hydrogen-bond donors (Lipinski definition) is 4. The van der Waals surface area contributed by atoms with Crippen LogP contribution in [0.1, 0.15) is 50.5 Å². The van der Waals surface area contributed by atoms with Crippen LogP contribution in [0.5, 0.6) is 11.5 Å². The van der Waals surface area contributed by atoms with Crippen molar-refractivity contribution < 1.29 is 19.8 Å². The molecule has 0 aliphatic carbocycles. The van der Waals surface area contributed by atoms with E-state index in [1.165, 1.54) is 17.1 Å². The van der Waals surface area contributed by atoms with E-state index in [-0.39, 0.29) is 28.4 Å². The predicted octanol–water partition coefficient (Wildman–Crippen LogP) is 3.33. The van der Waals surface area contributed by atoms with E-state index in [2.05, 4.69) is 36.7 Å². The number of benzene rings is 2. The Morgan fingerprint density at radius 3 is 2.13 bits per heavy atom. The van der Waals surface area contributed by atoms with Gasteiger partial charge in [0.2, 0.25) is 0 Å². The third-order valence-corrected chi connectivity index (χ3v) is 4.90. The average molecular weight is 422 g/mol. The number of anilines is 1. The molecular weight excluding hydrogens is 396 g/mol. The van der Waals surface area contributed by atoms with Crippen LogP contribution in [0.3, 0.4) is 0 Å². The second-order valence-electron chi connectivity index (χ2n) is 8.42.